The molecule has 0 saturated carbocycles. The molecule has 0 spiro atoms. The maximum atomic E-state index is 12.2. The van der Waals surface area contributed by atoms with Gasteiger partial charge in [0.15, 0.2) is 6.04 Å². The van der Waals surface area contributed by atoms with E-state index in [0.717, 1.165) is 0 Å². The van der Waals surface area contributed by atoms with Gasteiger partial charge < -0.3 is 14.2 Å². The van der Waals surface area contributed by atoms with Crippen molar-refractivity contribution in [2.75, 3.05) is 20.3 Å². The highest BCUT2D eigenvalue weighted by molar-refractivity contribution is 5.96. The third-order valence-electron chi connectivity index (χ3n) is 3.25. The van der Waals surface area contributed by atoms with Crippen molar-refractivity contribution >= 4 is 17.9 Å². The van der Waals surface area contributed by atoms with Gasteiger partial charge in [0.25, 0.3) is 0 Å². The zero-order chi connectivity index (χ0) is 21.3. The van der Waals surface area contributed by atoms with E-state index in [1.165, 1.54) is 18.2 Å². The molecule has 0 saturated heterocycles. The minimum Gasteiger partial charge on any atom is -0.462 e. The Balaban J connectivity index is 3.24. The number of carbonyl (C=O) groups excluding carboxylic acids is 3. The molecule has 152 valence electrons. The Bertz CT molecular complexity index is 746. The highest BCUT2D eigenvalue weighted by atomic mass is 16.6. The first-order chi connectivity index (χ1) is 13.1. The molecule has 0 aliphatic carbocycles. The van der Waals surface area contributed by atoms with Crippen LogP contribution in [0.1, 0.15) is 60.9 Å². The molecule has 0 aliphatic heterocycles. The molecule has 0 radical (unpaired) electrons. The molecule has 1 aromatic rings. The van der Waals surface area contributed by atoms with Crippen LogP contribution in [0.2, 0.25) is 0 Å². The Morgan fingerprint density at radius 2 is 1.50 bits per heavy atom. The topological polar surface area (TPSA) is 90.9 Å². The van der Waals surface area contributed by atoms with Crippen molar-refractivity contribution in [1.29, 1.82) is 0 Å². The number of rotatable bonds is 6. The van der Waals surface area contributed by atoms with E-state index in [2.05, 4.69) is 17.2 Å². The monoisotopic (exact) mass is 389 g/mol. The van der Waals surface area contributed by atoms with Gasteiger partial charge in [0, 0.05) is 5.56 Å². The Labute approximate surface area is 165 Å². The zero-order valence-electron chi connectivity index (χ0n) is 17.2. The van der Waals surface area contributed by atoms with Gasteiger partial charge in [-0.25, -0.2) is 14.4 Å². The van der Waals surface area contributed by atoms with E-state index < -0.39 is 29.6 Å². The van der Waals surface area contributed by atoms with Crippen LogP contribution in [0, 0.1) is 11.8 Å². The molecular weight excluding hydrogens is 362 g/mol. The molecular formula is C21H27NO6. The average Bonchev–Trinajstić information content (AvgIpc) is 2.61. The van der Waals surface area contributed by atoms with E-state index in [9.17, 15) is 14.4 Å². The molecule has 0 fully saturated rings. The van der Waals surface area contributed by atoms with Crippen LogP contribution in [0.3, 0.4) is 0 Å². The molecule has 7 heteroatoms. The lowest BCUT2D eigenvalue weighted by Gasteiger charge is -2.21. The van der Waals surface area contributed by atoms with Gasteiger partial charge in [0.1, 0.15) is 5.60 Å². The summed E-state index contributed by atoms with van der Waals surface area (Å²) in [7, 11) is 1.59. The minimum absolute atomic E-state index is 0.176. The van der Waals surface area contributed by atoms with Crippen LogP contribution in [0.15, 0.2) is 18.2 Å². The standard InChI is InChI=1S/C21H27NO6/c1-7-26-18(23)15-11-14(12-16(13-15)19(24)27-8-2)9-10-17(22-6)20(25)28-21(3,4)5/h11-13,17,22H,7-8H2,1-6H3. The minimum atomic E-state index is -0.864. The van der Waals surface area contributed by atoms with E-state index in [-0.39, 0.29) is 24.3 Å². The van der Waals surface area contributed by atoms with Gasteiger partial charge in [-0.3, -0.25) is 5.32 Å². The Kier molecular flexibility index (Phi) is 8.68. The van der Waals surface area contributed by atoms with Crippen LogP contribution in [0.5, 0.6) is 0 Å². The second-order valence-electron chi connectivity index (χ2n) is 6.76. The fourth-order valence-corrected chi connectivity index (χ4v) is 2.13. The maximum absolute atomic E-state index is 12.2. The van der Waals surface area contributed by atoms with Crippen molar-refractivity contribution in [2.24, 2.45) is 0 Å². The molecule has 0 amide bonds. The first kappa shape index (κ1) is 23.2. The van der Waals surface area contributed by atoms with Gasteiger partial charge in [0.2, 0.25) is 0 Å². The highest BCUT2D eigenvalue weighted by Gasteiger charge is 2.22. The van der Waals surface area contributed by atoms with Crippen LogP contribution in [0.25, 0.3) is 0 Å². The summed E-state index contributed by atoms with van der Waals surface area (Å²) in [6, 6.07) is 3.52. The normalized spacial score (nSPS) is 11.6. The summed E-state index contributed by atoms with van der Waals surface area (Å²) < 4.78 is 15.3. The largest absolute Gasteiger partial charge is 0.462 e. The van der Waals surface area contributed by atoms with Crippen LogP contribution in [-0.4, -0.2) is 49.8 Å². The van der Waals surface area contributed by atoms with Crippen LogP contribution in [0.4, 0.5) is 0 Å². The third kappa shape index (κ3) is 7.41. The lowest BCUT2D eigenvalue weighted by Crippen LogP contribution is -2.38. The molecule has 0 aromatic heterocycles. The second-order valence-corrected chi connectivity index (χ2v) is 6.76. The van der Waals surface area contributed by atoms with Gasteiger partial charge >= 0.3 is 17.9 Å². The first-order valence-corrected chi connectivity index (χ1v) is 9.02. The predicted octanol–water partition coefficient (Wildman–Crippen LogP) is 2.32. The number of benzene rings is 1. The SMILES string of the molecule is CCOC(=O)c1cc(C#CC(NC)C(=O)OC(C)(C)C)cc(C(=O)OCC)c1. The summed E-state index contributed by atoms with van der Waals surface area (Å²) >= 11 is 0. The summed E-state index contributed by atoms with van der Waals surface area (Å²) in [5, 5.41) is 2.78. The lowest BCUT2D eigenvalue weighted by molar-refractivity contribution is -0.155. The maximum Gasteiger partial charge on any atom is 0.338 e. The van der Waals surface area contributed by atoms with Gasteiger partial charge in [-0.15, -0.1) is 0 Å². The van der Waals surface area contributed by atoms with Crippen molar-refractivity contribution in [1.82, 2.24) is 5.32 Å². The van der Waals surface area contributed by atoms with E-state index in [0.29, 0.717) is 5.56 Å². The zero-order valence-corrected chi connectivity index (χ0v) is 17.2. The third-order valence-corrected chi connectivity index (χ3v) is 3.25. The summed E-state index contributed by atoms with van der Waals surface area (Å²) in [6.45, 7) is 9.06. The molecule has 1 N–H and O–H groups in total. The summed E-state index contributed by atoms with van der Waals surface area (Å²) in [6.07, 6.45) is 0. The number of hydrogen-bond donors (Lipinski definition) is 1. The summed E-state index contributed by atoms with van der Waals surface area (Å²) in [5.41, 5.74) is 0.0803. The van der Waals surface area contributed by atoms with Crippen molar-refractivity contribution in [3.8, 4) is 11.8 Å². The lowest BCUT2D eigenvalue weighted by atomic mass is 10.1. The van der Waals surface area contributed by atoms with Crippen LogP contribution in [-0.2, 0) is 19.0 Å². The molecule has 0 heterocycles. The number of nitrogens with one attached hydrogen (secondary N) is 1. The quantitative estimate of drug-likeness (QED) is 0.454. The number of hydrogen-bond acceptors (Lipinski definition) is 7. The van der Waals surface area contributed by atoms with Crippen molar-refractivity contribution in [3.63, 3.8) is 0 Å². The Morgan fingerprint density at radius 3 is 1.89 bits per heavy atom. The smallest absolute Gasteiger partial charge is 0.338 e. The molecule has 0 aliphatic rings. The molecule has 7 nitrogen and oxygen atoms in total. The van der Waals surface area contributed by atoms with Gasteiger partial charge in [-0.1, -0.05) is 11.8 Å². The number of ether oxygens (including phenoxy) is 3. The van der Waals surface area contributed by atoms with Gasteiger partial charge in [-0.05, 0) is 59.9 Å². The molecule has 1 unspecified atom stereocenters. The second kappa shape index (κ2) is 10.5. The van der Waals surface area contributed by atoms with Gasteiger partial charge in [0.05, 0.1) is 24.3 Å². The molecule has 1 aromatic carbocycles. The fraction of sp³-hybridized carbons (Fsp3) is 0.476. The van der Waals surface area contributed by atoms with Crippen molar-refractivity contribution in [3.05, 3.63) is 34.9 Å². The van der Waals surface area contributed by atoms with Crippen LogP contribution < -0.4 is 5.32 Å². The van der Waals surface area contributed by atoms with E-state index >= 15 is 0 Å². The predicted molar refractivity (Wildman–Crippen MR) is 104 cm³/mol. The summed E-state index contributed by atoms with van der Waals surface area (Å²) in [5.74, 6) is 3.90. The molecule has 1 atom stereocenters. The molecule has 0 bridgehead atoms. The summed E-state index contributed by atoms with van der Waals surface area (Å²) in [4.78, 5) is 36.4. The Morgan fingerprint density at radius 1 is 1.00 bits per heavy atom. The molecule has 1 rings (SSSR count). The van der Waals surface area contributed by atoms with Gasteiger partial charge in [-0.2, -0.15) is 0 Å². The van der Waals surface area contributed by atoms with E-state index in [1.54, 1.807) is 41.7 Å². The average molecular weight is 389 g/mol. The van der Waals surface area contributed by atoms with Crippen LogP contribution >= 0.6 is 0 Å². The molecule has 28 heavy (non-hydrogen) atoms. The number of esters is 3. The van der Waals surface area contributed by atoms with Crippen molar-refractivity contribution in [2.45, 2.75) is 46.3 Å². The Hall–Kier alpha value is -2.85. The van der Waals surface area contributed by atoms with E-state index in [1.807, 2.05) is 0 Å². The fourth-order valence-electron chi connectivity index (χ4n) is 2.13. The highest BCUT2D eigenvalue weighted by Crippen LogP contribution is 2.13. The number of likely N-dealkylation sites (N-methyl/N-ethyl adjacent to an activating group) is 1. The van der Waals surface area contributed by atoms with E-state index in [4.69, 9.17) is 14.2 Å². The first-order valence-electron chi connectivity index (χ1n) is 9.02. The number of carbonyl (C=O) groups is 3. The van der Waals surface area contributed by atoms with Crippen molar-refractivity contribution < 1.29 is 28.6 Å².